The van der Waals surface area contributed by atoms with Gasteiger partial charge in [-0.25, -0.2) is 0 Å². The topological polar surface area (TPSA) is 0 Å². The molecule has 4 unspecified atom stereocenters. The minimum atomic E-state index is 0.539. The lowest BCUT2D eigenvalue weighted by Crippen LogP contribution is -2.55. The molecule has 18 heavy (non-hydrogen) atoms. The van der Waals surface area contributed by atoms with Crippen LogP contribution < -0.4 is 0 Å². The first-order valence-corrected chi connectivity index (χ1v) is 8.16. The summed E-state index contributed by atoms with van der Waals surface area (Å²) in [6, 6.07) is 0. The van der Waals surface area contributed by atoms with Gasteiger partial charge in [0.2, 0.25) is 0 Å². The fourth-order valence-electron chi connectivity index (χ4n) is 5.99. The van der Waals surface area contributed by atoms with Crippen LogP contribution in [0.1, 0.15) is 80.6 Å². The van der Waals surface area contributed by atoms with Crippen molar-refractivity contribution in [2.24, 2.45) is 34.0 Å². The van der Waals surface area contributed by atoms with Crippen LogP contribution >= 0.6 is 0 Å². The largest absolute Gasteiger partial charge is 0.0651 e. The van der Waals surface area contributed by atoms with E-state index in [1.54, 1.807) is 0 Å². The zero-order chi connectivity index (χ0) is 13.8. The van der Waals surface area contributed by atoms with Crippen LogP contribution in [0.3, 0.4) is 0 Å². The van der Waals surface area contributed by atoms with Crippen molar-refractivity contribution in [2.75, 3.05) is 0 Å². The molecule has 0 heterocycles. The minimum absolute atomic E-state index is 0.539. The Bertz CT molecular complexity index is 312. The zero-order valence-corrected chi connectivity index (χ0v) is 13.8. The fourth-order valence-corrected chi connectivity index (χ4v) is 5.99. The van der Waals surface area contributed by atoms with E-state index >= 15 is 0 Å². The molecule has 4 atom stereocenters. The molecule has 0 spiro atoms. The molecule has 106 valence electrons. The van der Waals surface area contributed by atoms with Gasteiger partial charge < -0.3 is 0 Å². The van der Waals surface area contributed by atoms with Crippen LogP contribution in [0.5, 0.6) is 0 Å². The van der Waals surface area contributed by atoms with Gasteiger partial charge in [-0.2, -0.15) is 0 Å². The first kappa shape index (κ1) is 14.4. The molecule has 2 fully saturated rings. The summed E-state index contributed by atoms with van der Waals surface area (Å²) < 4.78 is 0. The number of hydrogen-bond donors (Lipinski definition) is 0. The average molecular weight is 250 g/mol. The lowest BCUT2D eigenvalue weighted by molar-refractivity contribution is -0.143. The van der Waals surface area contributed by atoms with Gasteiger partial charge in [-0.05, 0) is 59.7 Å². The summed E-state index contributed by atoms with van der Waals surface area (Å²) in [6.45, 7) is 17.7. The Labute approximate surface area is 115 Å². The number of rotatable bonds is 1. The van der Waals surface area contributed by atoms with Crippen molar-refractivity contribution in [3.05, 3.63) is 0 Å². The molecule has 0 aromatic rings. The Balaban J connectivity index is 2.39. The van der Waals surface area contributed by atoms with Crippen molar-refractivity contribution >= 4 is 0 Å². The van der Waals surface area contributed by atoms with Gasteiger partial charge in [0.1, 0.15) is 0 Å². The maximum absolute atomic E-state index is 2.63. The molecule has 0 nitrogen and oxygen atoms in total. The maximum atomic E-state index is 2.63. The van der Waals surface area contributed by atoms with Gasteiger partial charge in [0.15, 0.2) is 0 Å². The van der Waals surface area contributed by atoms with E-state index in [0.717, 1.165) is 17.8 Å². The van der Waals surface area contributed by atoms with Gasteiger partial charge in [-0.3, -0.25) is 0 Å². The van der Waals surface area contributed by atoms with E-state index in [1.165, 1.54) is 32.1 Å². The van der Waals surface area contributed by atoms with Gasteiger partial charge >= 0.3 is 0 Å². The molecular weight excluding hydrogens is 216 g/mol. The quantitative estimate of drug-likeness (QED) is 0.542. The van der Waals surface area contributed by atoms with Crippen LogP contribution in [-0.2, 0) is 0 Å². The molecule has 0 amide bonds. The summed E-state index contributed by atoms with van der Waals surface area (Å²) >= 11 is 0. The van der Waals surface area contributed by atoms with E-state index < -0.39 is 0 Å². The Morgan fingerprint density at radius 3 is 2.11 bits per heavy atom. The molecule has 0 aromatic carbocycles. The Hall–Kier alpha value is 0. The molecule has 0 radical (unpaired) electrons. The van der Waals surface area contributed by atoms with E-state index in [0.29, 0.717) is 16.2 Å². The normalized spacial score (nSPS) is 46.5. The molecule has 0 N–H and O–H groups in total. The molecule has 0 heteroatoms. The molecule has 2 rings (SSSR count). The van der Waals surface area contributed by atoms with Crippen LogP contribution in [0.25, 0.3) is 0 Å². The highest BCUT2D eigenvalue weighted by Crippen LogP contribution is 2.65. The van der Waals surface area contributed by atoms with Crippen LogP contribution in [0, 0.1) is 34.0 Å². The van der Waals surface area contributed by atoms with Gasteiger partial charge in [0.05, 0.1) is 0 Å². The van der Waals surface area contributed by atoms with E-state index in [2.05, 4.69) is 48.5 Å². The third-order valence-electron chi connectivity index (χ3n) is 7.31. The highest BCUT2D eigenvalue weighted by Gasteiger charge is 2.57. The van der Waals surface area contributed by atoms with Crippen LogP contribution in [0.4, 0.5) is 0 Å². The van der Waals surface area contributed by atoms with Crippen LogP contribution in [0.2, 0.25) is 0 Å². The Morgan fingerprint density at radius 2 is 1.56 bits per heavy atom. The summed E-state index contributed by atoms with van der Waals surface area (Å²) in [6.07, 6.45) is 7.15. The Kier molecular flexibility index (Phi) is 3.40. The molecule has 2 saturated carbocycles. The van der Waals surface area contributed by atoms with Crippen molar-refractivity contribution in [1.82, 2.24) is 0 Å². The average Bonchev–Trinajstić information content (AvgIpc) is 2.23. The summed E-state index contributed by atoms with van der Waals surface area (Å²) in [5, 5.41) is 0. The highest BCUT2D eigenvalue weighted by molar-refractivity contribution is 5.06. The fraction of sp³-hybridized carbons (Fsp3) is 1.00. The van der Waals surface area contributed by atoms with Crippen molar-refractivity contribution in [3.8, 4) is 0 Å². The van der Waals surface area contributed by atoms with Crippen molar-refractivity contribution in [2.45, 2.75) is 80.6 Å². The third-order valence-corrected chi connectivity index (χ3v) is 7.31. The highest BCUT2D eigenvalue weighted by atomic mass is 14.6. The van der Waals surface area contributed by atoms with E-state index in [-0.39, 0.29) is 0 Å². The van der Waals surface area contributed by atoms with Crippen LogP contribution in [0.15, 0.2) is 0 Å². The van der Waals surface area contributed by atoms with Crippen LogP contribution in [-0.4, -0.2) is 0 Å². The summed E-state index contributed by atoms with van der Waals surface area (Å²) in [7, 11) is 0. The summed E-state index contributed by atoms with van der Waals surface area (Å²) in [4.78, 5) is 0. The predicted octanol–water partition coefficient (Wildman–Crippen LogP) is 5.91. The van der Waals surface area contributed by atoms with Crippen molar-refractivity contribution in [1.29, 1.82) is 0 Å². The van der Waals surface area contributed by atoms with Gasteiger partial charge in [0, 0.05) is 0 Å². The second kappa shape index (κ2) is 4.25. The van der Waals surface area contributed by atoms with Gasteiger partial charge in [0.25, 0.3) is 0 Å². The lowest BCUT2D eigenvalue weighted by atomic mass is 9.41. The summed E-state index contributed by atoms with van der Waals surface area (Å²) in [5.41, 5.74) is 1.68. The molecule has 0 aromatic heterocycles. The standard InChI is InChI=1S/C18H34/c1-8-14-16(3,4)11-10-15-17(5,6)13(2)9-12-18(14,15)7/h13-15H,8-12H2,1-7H3. The predicted molar refractivity (Wildman–Crippen MR) is 80.6 cm³/mol. The first-order valence-electron chi connectivity index (χ1n) is 8.16. The van der Waals surface area contributed by atoms with E-state index in [9.17, 15) is 0 Å². The summed E-state index contributed by atoms with van der Waals surface area (Å²) in [5.74, 6) is 2.75. The zero-order valence-electron chi connectivity index (χ0n) is 13.8. The second-order valence-corrected chi connectivity index (χ2v) is 8.81. The third kappa shape index (κ3) is 1.86. The molecular formula is C18H34. The molecule has 0 saturated heterocycles. The Morgan fingerprint density at radius 1 is 0.944 bits per heavy atom. The smallest absolute Gasteiger partial charge is 0.0259 e. The van der Waals surface area contributed by atoms with Crippen molar-refractivity contribution < 1.29 is 0 Å². The molecule has 0 aliphatic heterocycles. The number of fused-ring (bicyclic) bond motifs is 1. The second-order valence-electron chi connectivity index (χ2n) is 8.81. The monoisotopic (exact) mass is 250 g/mol. The lowest BCUT2D eigenvalue weighted by Gasteiger charge is -2.63. The van der Waals surface area contributed by atoms with E-state index in [4.69, 9.17) is 0 Å². The molecule has 2 aliphatic carbocycles. The molecule has 0 bridgehead atoms. The van der Waals surface area contributed by atoms with Gasteiger partial charge in [-0.15, -0.1) is 0 Å². The van der Waals surface area contributed by atoms with Gasteiger partial charge in [-0.1, -0.05) is 54.9 Å². The first-order chi connectivity index (χ1) is 8.16. The molecule has 2 aliphatic rings. The maximum Gasteiger partial charge on any atom is -0.0259 e. The number of hydrogen-bond acceptors (Lipinski definition) is 0. The van der Waals surface area contributed by atoms with Crippen molar-refractivity contribution in [3.63, 3.8) is 0 Å². The SMILES string of the molecule is CCC1C(C)(C)CCC2C(C)(C)C(C)CCC12C. The minimum Gasteiger partial charge on any atom is -0.0651 e. The van der Waals surface area contributed by atoms with E-state index in [1.807, 2.05) is 0 Å².